The van der Waals surface area contributed by atoms with Crippen molar-refractivity contribution in [1.29, 1.82) is 0 Å². The van der Waals surface area contributed by atoms with Gasteiger partial charge in [0, 0.05) is 51.8 Å². The van der Waals surface area contributed by atoms with Gasteiger partial charge in [-0.15, -0.1) is 0 Å². The summed E-state index contributed by atoms with van der Waals surface area (Å²) in [6.45, 7) is 4.61. The number of carbonyl (C=O) groups is 1. The van der Waals surface area contributed by atoms with Crippen molar-refractivity contribution in [3.8, 4) is 11.4 Å². The van der Waals surface area contributed by atoms with Gasteiger partial charge in [0.15, 0.2) is 0 Å². The van der Waals surface area contributed by atoms with Crippen LogP contribution in [-0.2, 0) is 18.3 Å². The zero-order chi connectivity index (χ0) is 17.8. The van der Waals surface area contributed by atoms with E-state index >= 15 is 0 Å². The third-order valence-electron chi connectivity index (χ3n) is 4.86. The van der Waals surface area contributed by atoms with E-state index in [1.54, 1.807) is 23.7 Å². The van der Waals surface area contributed by atoms with Crippen LogP contribution in [0.3, 0.4) is 0 Å². The van der Waals surface area contributed by atoms with Crippen LogP contribution in [0.5, 0.6) is 0 Å². The van der Waals surface area contributed by atoms with Gasteiger partial charge < -0.3 is 14.2 Å². The van der Waals surface area contributed by atoms with E-state index < -0.39 is 5.60 Å². The second-order valence-electron chi connectivity index (χ2n) is 6.93. The maximum Gasteiger partial charge on any atom is 0.410 e. The number of rotatable bonds is 3. The SMILES string of the molecule is Cc1cc(-c2nn(C)c(Cl)c2CN2CCC3(C2)CN(C)C(=O)O3)no1. The molecule has 9 heteroatoms. The number of aromatic nitrogens is 3. The number of halogens is 1. The molecule has 0 bridgehead atoms. The lowest BCUT2D eigenvalue weighted by atomic mass is 10.0. The topological polar surface area (TPSA) is 76.6 Å². The minimum atomic E-state index is -0.412. The Bertz CT molecular complexity index is 832. The van der Waals surface area contributed by atoms with E-state index in [9.17, 15) is 4.79 Å². The highest BCUT2D eigenvalue weighted by Gasteiger charge is 2.48. The van der Waals surface area contributed by atoms with E-state index in [4.69, 9.17) is 20.9 Å². The molecule has 0 N–H and O–H groups in total. The lowest BCUT2D eigenvalue weighted by Crippen LogP contribution is -2.37. The van der Waals surface area contributed by atoms with Crippen LogP contribution in [0.4, 0.5) is 4.79 Å². The van der Waals surface area contributed by atoms with Gasteiger partial charge >= 0.3 is 6.09 Å². The molecule has 1 spiro atoms. The summed E-state index contributed by atoms with van der Waals surface area (Å²) in [7, 11) is 3.57. The predicted molar refractivity (Wildman–Crippen MR) is 90.2 cm³/mol. The Hall–Kier alpha value is -2.06. The molecule has 1 amide bonds. The Labute approximate surface area is 150 Å². The molecule has 2 saturated heterocycles. The average Bonchev–Trinajstić information content (AvgIpc) is 3.27. The second kappa shape index (κ2) is 5.74. The fourth-order valence-corrected chi connectivity index (χ4v) is 3.85. The Morgan fingerprint density at radius 2 is 2.16 bits per heavy atom. The first-order valence-corrected chi connectivity index (χ1v) is 8.56. The van der Waals surface area contributed by atoms with Crippen molar-refractivity contribution < 1.29 is 14.1 Å². The summed E-state index contributed by atoms with van der Waals surface area (Å²) in [5.74, 6) is 0.726. The summed E-state index contributed by atoms with van der Waals surface area (Å²) < 4.78 is 12.4. The van der Waals surface area contributed by atoms with Crippen molar-refractivity contribution >= 4 is 17.7 Å². The van der Waals surface area contributed by atoms with Gasteiger partial charge in [-0.25, -0.2) is 4.79 Å². The molecule has 4 heterocycles. The summed E-state index contributed by atoms with van der Waals surface area (Å²) in [6.07, 6.45) is 0.569. The summed E-state index contributed by atoms with van der Waals surface area (Å²) in [5.41, 5.74) is 1.90. The first-order valence-electron chi connectivity index (χ1n) is 8.18. The monoisotopic (exact) mass is 365 g/mol. The Kier molecular flexibility index (Phi) is 3.77. The highest BCUT2D eigenvalue weighted by molar-refractivity contribution is 6.30. The minimum Gasteiger partial charge on any atom is -0.439 e. The van der Waals surface area contributed by atoms with Gasteiger partial charge in [-0.1, -0.05) is 16.8 Å². The Morgan fingerprint density at radius 1 is 1.36 bits per heavy atom. The summed E-state index contributed by atoms with van der Waals surface area (Å²) in [6, 6.07) is 1.85. The van der Waals surface area contributed by atoms with Gasteiger partial charge in [-0.2, -0.15) is 5.10 Å². The van der Waals surface area contributed by atoms with Gasteiger partial charge in [0.2, 0.25) is 0 Å². The Morgan fingerprint density at radius 3 is 2.80 bits per heavy atom. The smallest absolute Gasteiger partial charge is 0.410 e. The summed E-state index contributed by atoms with van der Waals surface area (Å²) in [5, 5.41) is 9.13. The quantitative estimate of drug-likeness (QED) is 0.828. The third kappa shape index (κ3) is 2.79. The number of likely N-dealkylation sites (tertiary alicyclic amines) is 1. The molecule has 1 atom stereocenters. The normalized spacial score (nSPS) is 23.8. The lowest BCUT2D eigenvalue weighted by Gasteiger charge is -2.21. The summed E-state index contributed by atoms with van der Waals surface area (Å²) in [4.78, 5) is 15.6. The van der Waals surface area contributed by atoms with E-state index in [1.165, 1.54) is 0 Å². The van der Waals surface area contributed by atoms with E-state index in [1.807, 2.05) is 13.0 Å². The molecule has 2 aliphatic rings. The number of amides is 1. The maximum atomic E-state index is 11.7. The molecule has 1 unspecified atom stereocenters. The molecule has 2 aromatic heterocycles. The molecule has 134 valence electrons. The fourth-order valence-electron chi connectivity index (χ4n) is 3.66. The number of hydrogen-bond acceptors (Lipinski definition) is 6. The predicted octanol–water partition coefficient (Wildman–Crippen LogP) is 2.06. The van der Waals surface area contributed by atoms with Gasteiger partial charge in [-0.05, 0) is 6.92 Å². The first kappa shape index (κ1) is 16.4. The van der Waals surface area contributed by atoms with Crippen molar-refractivity contribution in [3.63, 3.8) is 0 Å². The van der Waals surface area contributed by atoms with Crippen LogP contribution in [0.1, 0.15) is 17.7 Å². The molecule has 25 heavy (non-hydrogen) atoms. The zero-order valence-electron chi connectivity index (χ0n) is 14.5. The molecular formula is C16H20ClN5O3. The Balaban J connectivity index is 1.57. The number of ether oxygens (including phenoxy) is 1. The average molecular weight is 366 g/mol. The molecule has 2 fully saturated rings. The number of nitrogens with zero attached hydrogens (tertiary/aromatic N) is 5. The van der Waals surface area contributed by atoms with Gasteiger partial charge in [0.05, 0.1) is 6.54 Å². The minimum absolute atomic E-state index is 0.250. The molecule has 4 rings (SSSR count). The van der Waals surface area contributed by atoms with E-state index in [-0.39, 0.29) is 6.09 Å². The van der Waals surface area contributed by atoms with Gasteiger partial charge in [-0.3, -0.25) is 9.58 Å². The molecule has 0 aromatic carbocycles. The highest BCUT2D eigenvalue weighted by atomic mass is 35.5. The third-order valence-corrected chi connectivity index (χ3v) is 5.33. The van der Waals surface area contributed by atoms with Gasteiger partial charge in [0.25, 0.3) is 0 Å². The van der Waals surface area contributed by atoms with Crippen LogP contribution in [0, 0.1) is 6.92 Å². The van der Waals surface area contributed by atoms with E-state index in [0.717, 1.165) is 30.0 Å². The summed E-state index contributed by atoms with van der Waals surface area (Å²) >= 11 is 6.47. The number of aryl methyl sites for hydroxylation is 2. The van der Waals surface area contributed by atoms with Crippen LogP contribution in [0.2, 0.25) is 5.15 Å². The van der Waals surface area contributed by atoms with E-state index in [0.29, 0.717) is 30.5 Å². The van der Waals surface area contributed by atoms with Crippen LogP contribution < -0.4 is 0 Å². The molecule has 0 radical (unpaired) electrons. The lowest BCUT2D eigenvalue weighted by molar-refractivity contribution is 0.0627. The number of carbonyl (C=O) groups excluding carboxylic acids is 1. The molecule has 2 aliphatic heterocycles. The molecule has 2 aromatic rings. The highest BCUT2D eigenvalue weighted by Crippen LogP contribution is 2.35. The van der Waals surface area contributed by atoms with Crippen molar-refractivity contribution in [2.45, 2.75) is 25.5 Å². The molecule has 8 nitrogen and oxygen atoms in total. The number of hydrogen-bond donors (Lipinski definition) is 0. The van der Waals surface area contributed by atoms with E-state index in [2.05, 4.69) is 15.2 Å². The second-order valence-corrected chi connectivity index (χ2v) is 7.29. The first-order chi connectivity index (χ1) is 11.9. The molecule has 0 saturated carbocycles. The molecular weight excluding hydrogens is 346 g/mol. The number of likely N-dealkylation sites (N-methyl/N-ethyl adjacent to an activating group) is 1. The van der Waals surface area contributed by atoms with Crippen molar-refractivity contribution in [2.24, 2.45) is 7.05 Å². The fraction of sp³-hybridized carbons (Fsp3) is 0.562. The van der Waals surface area contributed by atoms with Crippen LogP contribution >= 0.6 is 11.6 Å². The van der Waals surface area contributed by atoms with Crippen LogP contribution in [-0.4, -0.2) is 63.1 Å². The van der Waals surface area contributed by atoms with Gasteiger partial charge in [0.1, 0.15) is 27.9 Å². The van der Waals surface area contributed by atoms with Crippen molar-refractivity contribution in [2.75, 3.05) is 26.7 Å². The maximum absolute atomic E-state index is 11.7. The van der Waals surface area contributed by atoms with Crippen LogP contribution in [0.25, 0.3) is 11.4 Å². The standard InChI is InChI=1S/C16H20ClN5O3/c1-10-6-12(19-25-10)13-11(14(17)21(3)18-13)7-22-5-4-16(9-22)8-20(2)15(23)24-16/h6H,4-5,7-9H2,1-3H3. The largest absolute Gasteiger partial charge is 0.439 e. The van der Waals surface area contributed by atoms with Crippen LogP contribution in [0.15, 0.2) is 10.6 Å². The molecule has 0 aliphatic carbocycles. The van der Waals surface area contributed by atoms with Crippen molar-refractivity contribution in [1.82, 2.24) is 24.7 Å². The van der Waals surface area contributed by atoms with Crippen molar-refractivity contribution in [3.05, 3.63) is 22.5 Å². The zero-order valence-corrected chi connectivity index (χ0v) is 15.2.